The average molecular weight is 332 g/mol. The second kappa shape index (κ2) is 4.72. The minimum Gasteiger partial charge on any atom is -0.305 e. The Kier molecular flexibility index (Phi) is 3.02. The molecule has 0 amide bonds. The molecule has 0 atom stereocenters. The van der Waals surface area contributed by atoms with Gasteiger partial charge in [0.05, 0.1) is 16.2 Å². The molecule has 3 aromatic rings. The van der Waals surface area contributed by atoms with Crippen LogP contribution in [0.2, 0.25) is 0 Å². The van der Waals surface area contributed by atoms with Gasteiger partial charge in [0.1, 0.15) is 5.65 Å². The van der Waals surface area contributed by atoms with Crippen LogP contribution in [0.3, 0.4) is 0 Å². The van der Waals surface area contributed by atoms with Crippen molar-refractivity contribution in [2.45, 2.75) is 6.92 Å². The summed E-state index contributed by atoms with van der Waals surface area (Å²) >= 11 is 3.43. The number of imidazole rings is 1. The molecule has 0 fully saturated rings. The molecule has 2 aromatic heterocycles. The summed E-state index contributed by atoms with van der Waals surface area (Å²) in [5, 5.41) is 11.1. The van der Waals surface area contributed by atoms with Crippen LogP contribution in [0.1, 0.15) is 5.56 Å². The van der Waals surface area contributed by atoms with Gasteiger partial charge in [0, 0.05) is 22.9 Å². The van der Waals surface area contributed by atoms with Gasteiger partial charge in [-0.15, -0.1) is 0 Å². The summed E-state index contributed by atoms with van der Waals surface area (Å²) in [6.45, 7) is 1.95. The highest BCUT2D eigenvalue weighted by Gasteiger charge is 2.17. The van der Waals surface area contributed by atoms with Crippen molar-refractivity contribution in [3.8, 4) is 11.3 Å². The Balaban J connectivity index is 2.26. The summed E-state index contributed by atoms with van der Waals surface area (Å²) < 4.78 is 2.81. The van der Waals surface area contributed by atoms with Crippen LogP contribution in [0.25, 0.3) is 16.9 Å². The van der Waals surface area contributed by atoms with Crippen LogP contribution in [0.15, 0.2) is 47.2 Å². The third-order valence-corrected chi connectivity index (χ3v) is 3.51. The number of aryl methyl sites for hydroxylation is 1. The number of para-hydroxylation sites is 1. The Morgan fingerprint density at radius 2 is 2.05 bits per heavy atom. The molecule has 0 unspecified atom stereocenters. The smallest absolute Gasteiger partial charge is 0.278 e. The summed E-state index contributed by atoms with van der Waals surface area (Å²) in [5.41, 5.74) is 2.98. The minimum atomic E-state index is -0.387. The van der Waals surface area contributed by atoms with Gasteiger partial charge >= 0.3 is 0 Å². The Bertz CT molecular complexity index is 826. The van der Waals surface area contributed by atoms with E-state index in [0.29, 0.717) is 11.3 Å². The zero-order valence-electron chi connectivity index (χ0n) is 10.6. The molecular formula is C14H10BrN3O2. The van der Waals surface area contributed by atoms with E-state index in [2.05, 4.69) is 20.9 Å². The summed E-state index contributed by atoms with van der Waals surface area (Å²) in [6, 6.07) is 8.59. The van der Waals surface area contributed by atoms with Gasteiger partial charge in [-0.2, -0.15) is 0 Å². The largest absolute Gasteiger partial charge is 0.305 e. The van der Waals surface area contributed by atoms with E-state index in [9.17, 15) is 10.1 Å². The Labute approximate surface area is 123 Å². The minimum absolute atomic E-state index is 0.0626. The SMILES string of the molecule is Cc1cc(Br)cn2cc(-c3ccccc3[N+](=O)[O-])nc12. The maximum Gasteiger partial charge on any atom is 0.278 e. The highest BCUT2D eigenvalue weighted by molar-refractivity contribution is 9.10. The lowest BCUT2D eigenvalue weighted by atomic mass is 10.1. The van der Waals surface area contributed by atoms with Crippen molar-refractivity contribution in [2.24, 2.45) is 0 Å². The summed E-state index contributed by atoms with van der Waals surface area (Å²) in [4.78, 5) is 15.2. The first kappa shape index (κ1) is 12.8. The number of rotatable bonds is 2. The predicted octanol–water partition coefficient (Wildman–Crippen LogP) is 3.98. The number of aromatic nitrogens is 2. The van der Waals surface area contributed by atoms with E-state index in [1.807, 2.05) is 23.6 Å². The maximum atomic E-state index is 11.1. The van der Waals surface area contributed by atoms with Gasteiger partial charge < -0.3 is 4.40 Å². The molecule has 0 aliphatic rings. The molecule has 0 aliphatic heterocycles. The third-order valence-electron chi connectivity index (χ3n) is 3.08. The van der Waals surface area contributed by atoms with Crippen molar-refractivity contribution >= 4 is 27.3 Å². The number of pyridine rings is 1. The van der Waals surface area contributed by atoms with Crippen LogP contribution in [-0.4, -0.2) is 14.3 Å². The monoisotopic (exact) mass is 331 g/mol. The number of benzene rings is 1. The van der Waals surface area contributed by atoms with Crippen molar-refractivity contribution < 1.29 is 4.92 Å². The Morgan fingerprint density at radius 1 is 1.30 bits per heavy atom. The molecule has 1 aromatic carbocycles. The number of nitrogens with zero attached hydrogens (tertiary/aromatic N) is 3. The molecule has 0 saturated heterocycles. The molecular weight excluding hydrogens is 322 g/mol. The summed E-state index contributed by atoms with van der Waals surface area (Å²) in [7, 11) is 0. The molecule has 6 heteroatoms. The highest BCUT2D eigenvalue weighted by atomic mass is 79.9. The first-order valence-electron chi connectivity index (χ1n) is 5.95. The zero-order chi connectivity index (χ0) is 14.3. The first-order valence-corrected chi connectivity index (χ1v) is 6.74. The number of hydrogen-bond donors (Lipinski definition) is 0. The molecule has 100 valence electrons. The third kappa shape index (κ3) is 2.08. The molecule has 20 heavy (non-hydrogen) atoms. The molecule has 0 radical (unpaired) electrons. The molecule has 0 spiro atoms. The van der Waals surface area contributed by atoms with E-state index in [-0.39, 0.29) is 10.6 Å². The lowest BCUT2D eigenvalue weighted by Gasteiger charge is -1.97. The van der Waals surface area contributed by atoms with Crippen molar-refractivity contribution in [3.63, 3.8) is 0 Å². The van der Waals surface area contributed by atoms with Crippen LogP contribution < -0.4 is 0 Å². The van der Waals surface area contributed by atoms with Gasteiger partial charge in [0.15, 0.2) is 0 Å². The number of nitro benzene ring substituents is 1. The number of fused-ring (bicyclic) bond motifs is 1. The van der Waals surface area contributed by atoms with E-state index >= 15 is 0 Å². The van der Waals surface area contributed by atoms with Gasteiger partial charge in [0.25, 0.3) is 5.69 Å². The van der Waals surface area contributed by atoms with E-state index in [1.54, 1.807) is 24.4 Å². The Hall–Kier alpha value is -2.21. The molecule has 0 N–H and O–H groups in total. The summed E-state index contributed by atoms with van der Waals surface area (Å²) in [5.74, 6) is 0. The normalized spacial score (nSPS) is 10.9. The molecule has 3 rings (SSSR count). The van der Waals surface area contributed by atoms with Crippen LogP contribution >= 0.6 is 15.9 Å². The Morgan fingerprint density at radius 3 is 2.80 bits per heavy atom. The number of nitro groups is 1. The molecule has 2 heterocycles. The average Bonchev–Trinajstić information content (AvgIpc) is 2.82. The van der Waals surface area contributed by atoms with Gasteiger partial charge in [-0.25, -0.2) is 4.98 Å². The first-order chi connectivity index (χ1) is 9.56. The maximum absolute atomic E-state index is 11.1. The second-order valence-electron chi connectivity index (χ2n) is 4.47. The lowest BCUT2D eigenvalue weighted by Crippen LogP contribution is -1.91. The quantitative estimate of drug-likeness (QED) is 0.527. The molecule has 0 saturated carbocycles. The predicted molar refractivity (Wildman–Crippen MR) is 79.7 cm³/mol. The molecule has 5 nitrogen and oxygen atoms in total. The van der Waals surface area contributed by atoms with Crippen LogP contribution in [0.4, 0.5) is 5.69 Å². The standard InChI is InChI=1S/C14H10BrN3O2/c1-9-6-10(15)7-17-8-12(16-14(9)17)11-4-2-3-5-13(11)18(19)20/h2-8H,1H3. The number of hydrogen-bond acceptors (Lipinski definition) is 3. The van der Waals surface area contributed by atoms with E-state index in [4.69, 9.17) is 0 Å². The zero-order valence-corrected chi connectivity index (χ0v) is 12.2. The van der Waals surface area contributed by atoms with Crippen LogP contribution in [0, 0.1) is 17.0 Å². The van der Waals surface area contributed by atoms with E-state index in [0.717, 1.165) is 15.7 Å². The van der Waals surface area contributed by atoms with Crippen molar-refractivity contribution in [1.29, 1.82) is 0 Å². The fourth-order valence-electron chi connectivity index (χ4n) is 2.20. The highest BCUT2D eigenvalue weighted by Crippen LogP contribution is 2.30. The fourth-order valence-corrected chi connectivity index (χ4v) is 2.77. The van der Waals surface area contributed by atoms with Gasteiger partial charge in [-0.1, -0.05) is 12.1 Å². The van der Waals surface area contributed by atoms with Crippen molar-refractivity contribution in [2.75, 3.05) is 0 Å². The van der Waals surface area contributed by atoms with Gasteiger partial charge in [-0.05, 0) is 40.5 Å². The second-order valence-corrected chi connectivity index (χ2v) is 5.39. The molecule has 0 aliphatic carbocycles. The van der Waals surface area contributed by atoms with E-state index < -0.39 is 0 Å². The topological polar surface area (TPSA) is 60.4 Å². The van der Waals surface area contributed by atoms with Gasteiger partial charge in [0.2, 0.25) is 0 Å². The molecule has 0 bridgehead atoms. The van der Waals surface area contributed by atoms with Gasteiger partial charge in [-0.3, -0.25) is 10.1 Å². The van der Waals surface area contributed by atoms with Crippen LogP contribution in [-0.2, 0) is 0 Å². The summed E-state index contributed by atoms with van der Waals surface area (Å²) in [6.07, 6.45) is 3.68. The van der Waals surface area contributed by atoms with Crippen molar-refractivity contribution in [3.05, 3.63) is 62.9 Å². The van der Waals surface area contributed by atoms with E-state index in [1.165, 1.54) is 6.07 Å². The fraction of sp³-hybridized carbons (Fsp3) is 0.0714. The van der Waals surface area contributed by atoms with Crippen LogP contribution in [0.5, 0.6) is 0 Å². The number of halogens is 1. The van der Waals surface area contributed by atoms with Crippen molar-refractivity contribution in [1.82, 2.24) is 9.38 Å². The lowest BCUT2D eigenvalue weighted by molar-refractivity contribution is -0.384.